The molecule has 1 aromatic rings. The molecule has 1 heterocycles. The number of hydrogen-bond donors (Lipinski definition) is 1. The Morgan fingerprint density at radius 2 is 2.28 bits per heavy atom. The number of nitrogens with two attached hydrogens (primary N) is 1. The van der Waals surface area contributed by atoms with Crippen LogP contribution in [0.15, 0.2) is 11.4 Å². The molecule has 0 amide bonds. The van der Waals surface area contributed by atoms with Crippen molar-refractivity contribution in [3.8, 4) is 6.07 Å². The summed E-state index contributed by atoms with van der Waals surface area (Å²) in [7, 11) is 0. The molecule has 1 aliphatic carbocycles. The summed E-state index contributed by atoms with van der Waals surface area (Å²) in [4.78, 5) is 20.0. The van der Waals surface area contributed by atoms with Crippen molar-refractivity contribution < 1.29 is 4.79 Å². The third-order valence-corrected chi connectivity index (χ3v) is 4.10. The van der Waals surface area contributed by atoms with Crippen LogP contribution in [0.5, 0.6) is 0 Å². The van der Waals surface area contributed by atoms with E-state index >= 15 is 0 Å². The fourth-order valence-electron chi connectivity index (χ4n) is 1.90. The average Bonchev–Trinajstić information content (AvgIpc) is 2.55. The molecule has 18 heavy (non-hydrogen) atoms. The molecule has 6 heteroatoms. The maximum atomic E-state index is 11.9. The molecule has 2 N–H and O–H groups in total. The number of thioether (sulfide) groups is 1. The van der Waals surface area contributed by atoms with Crippen molar-refractivity contribution in [3.63, 3.8) is 0 Å². The number of carbonyl (C=O) groups excluding carboxylic acids is 1. The Labute approximate surface area is 110 Å². The minimum absolute atomic E-state index is 0.0696. The van der Waals surface area contributed by atoms with Gasteiger partial charge in [0.05, 0.1) is 11.4 Å². The van der Waals surface area contributed by atoms with Crippen molar-refractivity contribution in [2.75, 3.05) is 5.73 Å². The third kappa shape index (κ3) is 2.99. The Kier molecular flexibility index (Phi) is 4.15. The first kappa shape index (κ1) is 12.8. The van der Waals surface area contributed by atoms with Gasteiger partial charge in [0.2, 0.25) is 0 Å². The number of anilines is 1. The fraction of sp³-hybridized carbons (Fsp3) is 0.500. The summed E-state index contributed by atoms with van der Waals surface area (Å²) >= 11 is 1.36. The summed E-state index contributed by atoms with van der Waals surface area (Å²) in [5.41, 5.74) is 5.90. The molecule has 1 fully saturated rings. The van der Waals surface area contributed by atoms with Crippen LogP contribution in [0, 0.1) is 11.3 Å². The van der Waals surface area contributed by atoms with Gasteiger partial charge in [-0.1, -0.05) is 24.6 Å². The first-order valence-electron chi connectivity index (χ1n) is 5.92. The van der Waals surface area contributed by atoms with Gasteiger partial charge in [-0.2, -0.15) is 5.26 Å². The van der Waals surface area contributed by atoms with E-state index in [9.17, 15) is 4.79 Å². The number of Topliss-reactive ketones (excluding diaryl/α,β-unsaturated/α-hetero) is 1. The molecular weight excluding hydrogens is 248 g/mol. The van der Waals surface area contributed by atoms with E-state index in [1.807, 2.05) is 6.07 Å². The van der Waals surface area contributed by atoms with Crippen LogP contribution >= 0.6 is 11.8 Å². The van der Waals surface area contributed by atoms with Crippen molar-refractivity contribution in [2.45, 2.75) is 42.5 Å². The lowest BCUT2D eigenvalue weighted by atomic mass is 10.2. The molecule has 0 bridgehead atoms. The highest BCUT2D eigenvalue weighted by atomic mass is 32.2. The molecule has 2 rings (SSSR count). The second-order valence-electron chi connectivity index (χ2n) is 4.24. The van der Waals surface area contributed by atoms with Gasteiger partial charge in [-0.25, -0.2) is 9.97 Å². The standard InChI is InChI=1S/C12H14N4OS/c13-6-8-7-15-12(16-11(8)14)18-10-5-3-1-2-4-9(10)17/h7,10H,1-5H2,(H2,14,15,16). The molecule has 0 radical (unpaired) electrons. The van der Waals surface area contributed by atoms with Crippen LogP contribution in [0.25, 0.3) is 0 Å². The number of nitrogen functional groups attached to an aromatic ring is 1. The van der Waals surface area contributed by atoms with E-state index in [0.717, 1.165) is 25.7 Å². The monoisotopic (exact) mass is 262 g/mol. The lowest BCUT2D eigenvalue weighted by Gasteiger charge is -2.11. The third-order valence-electron chi connectivity index (χ3n) is 2.91. The van der Waals surface area contributed by atoms with Crippen molar-refractivity contribution in [1.29, 1.82) is 5.26 Å². The maximum Gasteiger partial charge on any atom is 0.190 e. The zero-order valence-electron chi connectivity index (χ0n) is 9.93. The van der Waals surface area contributed by atoms with E-state index < -0.39 is 0 Å². The Bertz CT molecular complexity index is 497. The summed E-state index contributed by atoms with van der Waals surface area (Å²) in [5.74, 6) is 0.445. The van der Waals surface area contributed by atoms with Gasteiger partial charge in [0, 0.05) is 6.42 Å². The zero-order valence-corrected chi connectivity index (χ0v) is 10.7. The SMILES string of the molecule is N#Cc1cnc(SC2CCCCCC2=O)nc1N. The highest BCUT2D eigenvalue weighted by molar-refractivity contribution is 8.00. The highest BCUT2D eigenvalue weighted by Gasteiger charge is 2.23. The quantitative estimate of drug-likeness (QED) is 0.646. The van der Waals surface area contributed by atoms with E-state index in [2.05, 4.69) is 9.97 Å². The predicted molar refractivity (Wildman–Crippen MR) is 68.9 cm³/mol. The van der Waals surface area contributed by atoms with Crippen molar-refractivity contribution in [1.82, 2.24) is 9.97 Å². The summed E-state index contributed by atoms with van der Waals surface area (Å²) in [6, 6.07) is 1.92. The Morgan fingerprint density at radius 3 is 3.00 bits per heavy atom. The molecule has 0 aliphatic heterocycles. The van der Waals surface area contributed by atoms with E-state index in [0.29, 0.717) is 11.6 Å². The second kappa shape index (κ2) is 5.83. The van der Waals surface area contributed by atoms with E-state index in [-0.39, 0.29) is 22.4 Å². The van der Waals surface area contributed by atoms with Gasteiger partial charge in [-0.15, -0.1) is 0 Å². The molecule has 1 unspecified atom stereocenters. The number of nitrogens with zero attached hydrogens (tertiary/aromatic N) is 3. The minimum atomic E-state index is -0.0696. The Balaban J connectivity index is 2.11. The van der Waals surface area contributed by atoms with Crippen molar-refractivity contribution in [3.05, 3.63) is 11.8 Å². The van der Waals surface area contributed by atoms with Gasteiger partial charge in [0.1, 0.15) is 23.2 Å². The normalized spacial score (nSPS) is 20.2. The first-order chi connectivity index (χ1) is 8.70. The lowest BCUT2D eigenvalue weighted by Crippen LogP contribution is -2.15. The van der Waals surface area contributed by atoms with Crippen LogP contribution in [0.3, 0.4) is 0 Å². The number of nitriles is 1. The number of carbonyl (C=O) groups is 1. The number of hydrogen-bond acceptors (Lipinski definition) is 6. The molecule has 0 aromatic carbocycles. The molecule has 0 saturated heterocycles. The summed E-state index contributed by atoms with van der Waals surface area (Å²) in [5, 5.41) is 9.15. The van der Waals surface area contributed by atoms with Gasteiger partial charge in [0.15, 0.2) is 5.16 Å². The summed E-state index contributed by atoms with van der Waals surface area (Å²) in [6.45, 7) is 0. The molecule has 0 spiro atoms. The van der Waals surface area contributed by atoms with Crippen LogP contribution in [-0.2, 0) is 4.79 Å². The highest BCUT2D eigenvalue weighted by Crippen LogP contribution is 2.29. The van der Waals surface area contributed by atoms with Gasteiger partial charge in [-0.05, 0) is 12.8 Å². The summed E-state index contributed by atoms with van der Waals surface area (Å²) in [6.07, 6.45) is 6.07. The van der Waals surface area contributed by atoms with Crippen LogP contribution in [0.2, 0.25) is 0 Å². The fourth-order valence-corrected chi connectivity index (χ4v) is 2.95. The van der Waals surface area contributed by atoms with Crippen molar-refractivity contribution >= 4 is 23.4 Å². The van der Waals surface area contributed by atoms with Gasteiger partial charge >= 0.3 is 0 Å². The lowest BCUT2D eigenvalue weighted by molar-refractivity contribution is -0.118. The van der Waals surface area contributed by atoms with Crippen LogP contribution in [0.1, 0.15) is 37.7 Å². The second-order valence-corrected chi connectivity index (χ2v) is 5.41. The molecule has 1 aliphatic rings. The zero-order chi connectivity index (χ0) is 13.0. The molecular formula is C12H14N4OS. The number of ketones is 1. The van der Waals surface area contributed by atoms with Crippen LogP contribution in [-0.4, -0.2) is 21.0 Å². The van der Waals surface area contributed by atoms with E-state index in [4.69, 9.17) is 11.0 Å². The first-order valence-corrected chi connectivity index (χ1v) is 6.80. The largest absolute Gasteiger partial charge is 0.382 e. The van der Waals surface area contributed by atoms with Crippen molar-refractivity contribution in [2.24, 2.45) is 0 Å². The van der Waals surface area contributed by atoms with Gasteiger partial charge in [-0.3, -0.25) is 4.79 Å². The molecule has 1 saturated carbocycles. The van der Waals surface area contributed by atoms with E-state index in [1.165, 1.54) is 18.0 Å². The molecule has 1 aromatic heterocycles. The van der Waals surface area contributed by atoms with Gasteiger partial charge in [0.25, 0.3) is 0 Å². The average molecular weight is 262 g/mol. The topological polar surface area (TPSA) is 92.7 Å². The summed E-state index contributed by atoms with van der Waals surface area (Å²) < 4.78 is 0. The number of aromatic nitrogens is 2. The molecule has 94 valence electrons. The molecule has 1 atom stereocenters. The van der Waals surface area contributed by atoms with Crippen LogP contribution < -0.4 is 5.73 Å². The Hall–Kier alpha value is -1.61. The van der Waals surface area contributed by atoms with E-state index in [1.54, 1.807) is 0 Å². The maximum absolute atomic E-state index is 11.9. The Morgan fingerprint density at radius 1 is 1.44 bits per heavy atom. The van der Waals surface area contributed by atoms with Gasteiger partial charge < -0.3 is 5.73 Å². The smallest absolute Gasteiger partial charge is 0.190 e. The minimum Gasteiger partial charge on any atom is -0.382 e. The van der Waals surface area contributed by atoms with Crippen LogP contribution in [0.4, 0.5) is 5.82 Å². The predicted octanol–water partition coefficient (Wildman–Crippen LogP) is 1.92. The molecule has 5 nitrogen and oxygen atoms in total. The number of rotatable bonds is 2.